The Morgan fingerprint density at radius 3 is 1.76 bits per heavy atom. The summed E-state index contributed by atoms with van der Waals surface area (Å²) >= 11 is 0. The van der Waals surface area contributed by atoms with Crippen LogP contribution in [0, 0.1) is 0 Å². The van der Waals surface area contributed by atoms with Gasteiger partial charge < -0.3 is 21.5 Å². The third-order valence-electron chi connectivity index (χ3n) is 5.66. The van der Waals surface area contributed by atoms with Crippen LogP contribution in [0.1, 0.15) is 83.6 Å². The molecule has 0 aliphatic heterocycles. The van der Waals surface area contributed by atoms with E-state index in [1.54, 1.807) is 0 Å². The third-order valence-corrected chi connectivity index (χ3v) is 5.66. The topological polar surface area (TPSA) is 0 Å². The van der Waals surface area contributed by atoms with Crippen LogP contribution < -0.4 is 17.0 Å². The number of quaternary nitrogens is 1. The van der Waals surface area contributed by atoms with Gasteiger partial charge in [-0.05, 0) is 25.3 Å². The van der Waals surface area contributed by atoms with Crippen molar-refractivity contribution in [2.75, 3.05) is 20.6 Å². The van der Waals surface area contributed by atoms with Crippen molar-refractivity contribution in [1.82, 2.24) is 0 Å². The van der Waals surface area contributed by atoms with Crippen LogP contribution in [0.3, 0.4) is 0 Å². The fourth-order valence-electron chi connectivity index (χ4n) is 3.43. The van der Waals surface area contributed by atoms with Gasteiger partial charge in [0, 0.05) is 6.42 Å². The van der Waals surface area contributed by atoms with Gasteiger partial charge in [-0.3, -0.25) is 0 Å². The van der Waals surface area contributed by atoms with Gasteiger partial charge in [-0.2, -0.15) is 0 Å². The van der Waals surface area contributed by atoms with E-state index in [-0.39, 0.29) is 17.0 Å². The van der Waals surface area contributed by atoms with Crippen LogP contribution in [0.25, 0.3) is 0 Å². The smallest absolute Gasteiger partial charge is 0.0898 e. The minimum absolute atomic E-state index is 0. The molecule has 0 fully saturated rings. The number of hydrogen-bond acceptors (Lipinski definition) is 0. The number of unbranched alkanes of at least 4 members (excludes halogenated alkanes) is 9. The molecule has 0 aromatic heterocycles. The minimum Gasteiger partial charge on any atom is -1.00 e. The van der Waals surface area contributed by atoms with Crippen LogP contribution in [-0.4, -0.2) is 31.2 Å². The van der Waals surface area contributed by atoms with E-state index in [2.05, 4.69) is 58.3 Å². The Kier molecular flexibility index (Phi) is 14.6. The standard InChI is InChI=1S/C23H42N.BrH/c1-5-6-7-8-9-10-11-12-13-17-20-24(3,4)22(2)21-23-18-15-14-16-19-23;/h14-16,18-19,22H,5-13,17,20-21H2,1-4H3;1H/q+1;/p-1. The van der Waals surface area contributed by atoms with Gasteiger partial charge >= 0.3 is 0 Å². The molecular formula is C23H42BrN. The maximum Gasteiger partial charge on any atom is 0.0898 e. The largest absolute Gasteiger partial charge is 1.00 e. The lowest BCUT2D eigenvalue weighted by Crippen LogP contribution is -3.00. The highest BCUT2D eigenvalue weighted by Gasteiger charge is 2.23. The molecule has 0 saturated heterocycles. The number of likely N-dealkylation sites (N-methyl/N-ethyl adjacent to an activating group) is 1. The first-order chi connectivity index (χ1) is 11.6. The monoisotopic (exact) mass is 411 g/mol. The van der Waals surface area contributed by atoms with E-state index in [1.165, 1.54) is 82.7 Å². The minimum atomic E-state index is 0. The fraction of sp³-hybridized carbons (Fsp3) is 0.739. The first kappa shape index (κ1) is 24.7. The molecule has 0 radical (unpaired) electrons. The van der Waals surface area contributed by atoms with E-state index in [4.69, 9.17) is 0 Å². The SMILES string of the molecule is CCCCCCCCCCCC[N+](C)(C)C(C)Cc1ccccc1.[Br-]. The molecule has 2 heteroatoms. The van der Waals surface area contributed by atoms with Gasteiger partial charge in [0.1, 0.15) is 0 Å². The van der Waals surface area contributed by atoms with E-state index in [9.17, 15) is 0 Å². The molecule has 1 aromatic rings. The van der Waals surface area contributed by atoms with E-state index in [0.29, 0.717) is 6.04 Å². The average molecular weight is 412 g/mol. The normalized spacial score (nSPS) is 12.6. The zero-order chi connectivity index (χ0) is 17.7. The predicted molar refractivity (Wildman–Crippen MR) is 108 cm³/mol. The molecular weight excluding hydrogens is 370 g/mol. The maximum absolute atomic E-state index is 2.41. The second-order valence-corrected chi connectivity index (χ2v) is 8.22. The van der Waals surface area contributed by atoms with Crippen LogP contribution in [0.5, 0.6) is 0 Å². The van der Waals surface area contributed by atoms with Crippen molar-refractivity contribution >= 4 is 0 Å². The lowest BCUT2D eigenvalue weighted by molar-refractivity contribution is -0.913. The second kappa shape index (κ2) is 14.8. The molecule has 0 saturated carbocycles. The van der Waals surface area contributed by atoms with Crippen molar-refractivity contribution in [1.29, 1.82) is 0 Å². The molecule has 0 amide bonds. The van der Waals surface area contributed by atoms with Gasteiger partial charge in [0.05, 0.1) is 26.7 Å². The number of hydrogen-bond donors (Lipinski definition) is 0. The first-order valence-electron chi connectivity index (χ1n) is 10.4. The van der Waals surface area contributed by atoms with Gasteiger partial charge in [-0.15, -0.1) is 0 Å². The third kappa shape index (κ3) is 11.8. The van der Waals surface area contributed by atoms with Crippen LogP contribution in [0.15, 0.2) is 30.3 Å². The van der Waals surface area contributed by atoms with E-state index >= 15 is 0 Å². The molecule has 146 valence electrons. The molecule has 0 bridgehead atoms. The Hall–Kier alpha value is -0.340. The molecule has 25 heavy (non-hydrogen) atoms. The number of rotatable bonds is 14. The van der Waals surface area contributed by atoms with Crippen LogP contribution in [0.2, 0.25) is 0 Å². The molecule has 0 N–H and O–H groups in total. The van der Waals surface area contributed by atoms with E-state index in [0.717, 1.165) is 4.48 Å². The molecule has 1 rings (SSSR count). The van der Waals surface area contributed by atoms with Crippen molar-refractivity contribution in [3.05, 3.63) is 35.9 Å². The summed E-state index contributed by atoms with van der Waals surface area (Å²) in [5.74, 6) is 0. The highest BCUT2D eigenvalue weighted by molar-refractivity contribution is 5.15. The zero-order valence-corrected chi connectivity index (χ0v) is 18.9. The Morgan fingerprint density at radius 2 is 1.24 bits per heavy atom. The molecule has 1 aromatic carbocycles. The maximum atomic E-state index is 2.41. The van der Waals surface area contributed by atoms with Crippen LogP contribution >= 0.6 is 0 Å². The van der Waals surface area contributed by atoms with Crippen molar-refractivity contribution < 1.29 is 21.5 Å². The van der Waals surface area contributed by atoms with Crippen molar-refractivity contribution in [2.24, 2.45) is 0 Å². The Balaban J connectivity index is 0.00000576. The van der Waals surface area contributed by atoms with Gasteiger partial charge in [-0.25, -0.2) is 0 Å². The quantitative estimate of drug-likeness (QED) is 0.323. The molecule has 0 heterocycles. The summed E-state index contributed by atoms with van der Waals surface area (Å²) in [4.78, 5) is 0. The molecule has 1 nitrogen and oxygen atoms in total. The zero-order valence-electron chi connectivity index (χ0n) is 17.3. The number of benzene rings is 1. The highest BCUT2D eigenvalue weighted by atomic mass is 79.9. The predicted octanol–water partition coefficient (Wildman–Crippen LogP) is 3.62. The highest BCUT2D eigenvalue weighted by Crippen LogP contribution is 2.16. The fourth-order valence-corrected chi connectivity index (χ4v) is 3.43. The summed E-state index contributed by atoms with van der Waals surface area (Å²) in [6.07, 6.45) is 15.4. The van der Waals surface area contributed by atoms with Crippen molar-refractivity contribution in [3.63, 3.8) is 0 Å². The molecule has 1 atom stereocenters. The van der Waals surface area contributed by atoms with E-state index in [1.807, 2.05) is 0 Å². The van der Waals surface area contributed by atoms with Gasteiger partial charge in [0.15, 0.2) is 0 Å². The first-order valence-corrected chi connectivity index (χ1v) is 10.4. The summed E-state index contributed by atoms with van der Waals surface area (Å²) in [5, 5.41) is 0. The lowest BCUT2D eigenvalue weighted by Gasteiger charge is -2.36. The Morgan fingerprint density at radius 1 is 0.760 bits per heavy atom. The van der Waals surface area contributed by atoms with Crippen LogP contribution in [0.4, 0.5) is 0 Å². The van der Waals surface area contributed by atoms with Gasteiger partial charge in [-0.1, -0.05) is 88.6 Å². The molecule has 0 spiro atoms. The number of nitrogens with zero attached hydrogens (tertiary/aromatic N) is 1. The molecule has 1 unspecified atom stereocenters. The average Bonchev–Trinajstić information content (AvgIpc) is 2.57. The second-order valence-electron chi connectivity index (χ2n) is 8.22. The molecule has 0 aliphatic carbocycles. The summed E-state index contributed by atoms with van der Waals surface area (Å²) in [7, 11) is 4.81. The summed E-state index contributed by atoms with van der Waals surface area (Å²) in [5.41, 5.74) is 1.47. The summed E-state index contributed by atoms with van der Waals surface area (Å²) in [6.45, 7) is 6.01. The molecule has 0 aliphatic rings. The van der Waals surface area contributed by atoms with Crippen molar-refractivity contribution in [3.8, 4) is 0 Å². The lowest BCUT2D eigenvalue weighted by atomic mass is 10.0. The van der Waals surface area contributed by atoms with E-state index < -0.39 is 0 Å². The Bertz CT molecular complexity index is 402. The van der Waals surface area contributed by atoms with Crippen LogP contribution in [-0.2, 0) is 6.42 Å². The number of halogens is 1. The van der Waals surface area contributed by atoms with Gasteiger partial charge in [0.2, 0.25) is 0 Å². The summed E-state index contributed by atoms with van der Waals surface area (Å²) < 4.78 is 1.14. The van der Waals surface area contributed by atoms with Crippen molar-refractivity contribution in [2.45, 2.75) is 90.5 Å². The summed E-state index contributed by atoms with van der Waals surface area (Å²) in [6, 6.07) is 11.6. The Labute approximate surface area is 168 Å². The van der Waals surface area contributed by atoms with Gasteiger partial charge in [0.25, 0.3) is 0 Å².